The zero-order chi connectivity index (χ0) is 105. The van der Waals surface area contributed by atoms with Crippen molar-refractivity contribution in [1.29, 1.82) is 0 Å². The largest absolute Gasteiger partial charge is 0.632 e. The molecule has 32 heteroatoms. The number of thioether (sulfide) groups is 2. The molecule has 19 nitrogen and oxygen atoms in total. The van der Waals surface area contributed by atoms with E-state index in [9.17, 15) is 0 Å². The molecular formula is C114H147B11O19S2. The monoisotopic (exact) mass is 2010 g/mol. The van der Waals surface area contributed by atoms with Gasteiger partial charge in [-0.3, -0.25) is 0 Å². The van der Waals surface area contributed by atoms with Crippen molar-refractivity contribution < 1.29 is 88.9 Å². The van der Waals surface area contributed by atoms with Gasteiger partial charge < -0.3 is 88.9 Å². The van der Waals surface area contributed by atoms with Gasteiger partial charge in [-0.05, 0) is 224 Å². The first-order chi connectivity index (χ1) is 71.0. The van der Waals surface area contributed by atoms with Crippen LogP contribution in [0.3, 0.4) is 0 Å². The number of hydrogen-bond acceptors (Lipinski definition) is 21. The van der Waals surface area contributed by atoms with E-state index in [4.69, 9.17) is 88.9 Å². The summed E-state index contributed by atoms with van der Waals surface area (Å²) in [7, 11) is -1.24. The van der Waals surface area contributed by atoms with Crippen LogP contribution in [0.4, 0.5) is 0 Å². The van der Waals surface area contributed by atoms with Gasteiger partial charge in [0.05, 0.1) is 13.2 Å². The molecule has 2 N–H and O–H groups in total. The smallest absolute Gasteiger partial charge is 0.522 e. The summed E-state index contributed by atoms with van der Waals surface area (Å²) in [5, 5.41) is 17.4. The lowest BCUT2D eigenvalue weighted by atomic mass is 9.61. The number of benzene rings is 13. The lowest BCUT2D eigenvalue weighted by Crippen LogP contribution is -2.61. The van der Waals surface area contributed by atoms with Crippen LogP contribution in [-0.4, -0.2) is 181 Å². The van der Waals surface area contributed by atoms with Crippen LogP contribution in [0.1, 0.15) is 137 Å². The van der Waals surface area contributed by atoms with Gasteiger partial charge in [-0.2, -0.15) is 0 Å². The Balaban J connectivity index is 0.000000204. The van der Waals surface area contributed by atoms with Crippen molar-refractivity contribution in [3.8, 4) is 11.5 Å². The normalized spacial score (nSPS) is 12.2. The van der Waals surface area contributed by atoms with Crippen molar-refractivity contribution in [3.63, 3.8) is 0 Å². The Hall–Kier alpha value is -9.81. The first-order valence-electron chi connectivity index (χ1n) is 50.8. The Morgan fingerprint density at radius 3 is 0.822 bits per heavy atom. The van der Waals surface area contributed by atoms with E-state index >= 15 is 0 Å². The lowest BCUT2D eigenvalue weighted by Gasteiger charge is -2.31. The zero-order valence-electron chi connectivity index (χ0n) is 89.2. The molecule has 3 saturated heterocycles. The standard InChI is InChI=1S/C21H21B3O3S2.C19H17BO2.C15H25BO2.C13H21BO2.C11H17BO2.C10H13BO2.C9H11BO2.C9H13BO2.C7H9BO2/c1-16-7-4-8-17(13-16)22-25-23(18-9-5-11-20(14-18)28-2)27-24(26-22)19-10-6-12-21(15-19)29-3;1-16-9-8-10-17(15-16)20(21-18-11-4-2-5-12-18)22-19-13-6-3-7-14-19;1-4-6-11-17-16(18-12-7-5-2)15-10-8-9-14(3)13-15;1-4-9-15-14(16-10-5-2)13-8-6-7-12(3)11-13;1-4-13-12(14-5-2)11-8-6-7-10(3)9-11;1-9-4-2-5-10(8-9)11-12-6-3-7-13-11;1-8-3-2-4-9(7-8)10-11-5-6-12-10;1-8-5-4-6-9(7-8)10(11-2)12-3;1-6-3-2-4-7(5-6)8(9)10/h4-15H,1-3H3;2-15H,1H3;8-10,13H,4-7,11-12H2,1-3H3;6-8,11H,4-5,9-10H2,1-3H3;6-9H,4-5H2,1-3H3;2,4-5,8H,3,6-7H2,1H3;2-4,7H,5-6H2,1H3;4-7H,1-3H3;2-5,9-10H,1H3. The summed E-state index contributed by atoms with van der Waals surface area (Å²) in [5.41, 5.74) is 21.9. The molecule has 0 bridgehead atoms. The summed E-state index contributed by atoms with van der Waals surface area (Å²) in [6, 6.07) is 109. The molecule has 3 fully saturated rings. The van der Waals surface area contributed by atoms with Gasteiger partial charge in [0, 0.05) is 82.3 Å². The van der Waals surface area contributed by atoms with E-state index in [0.29, 0.717) is 31.9 Å². The molecular weight excluding hydrogens is 1860 g/mol. The molecule has 13 aromatic rings. The summed E-state index contributed by atoms with van der Waals surface area (Å²) in [5.74, 6) is 1.56. The van der Waals surface area contributed by atoms with Crippen LogP contribution in [0.2, 0.25) is 0 Å². The van der Waals surface area contributed by atoms with E-state index in [2.05, 4.69) is 222 Å². The van der Waals surface area contributed by atoms with Gasteiger partial charge in [-0.15, -0.1) is 23.5 Å². The summed E-state index contributed by atoms with van der Waals surface area (Å²) >= 11 is 3.41. The molecule has 0 spiro atoms. The van der Waals surface area contributed by atoms with Gasteiger partial charge >= 0.3 is 78.3 Å². The molecule has 3 aliphatic heterocycles. The van der Waals surface area contributed by atoms with Gasteiger partial charge in [0.2, 0.25) is 0 Å². The quantitative estimate of drug-likeness (QED) is 0.0212. The minimum atomic E-state index is -1.35. The fraction of sp³-hybridized carbons (Fsp3) is 0.316. The van der Waals surface area contributed by atoms with E-state index in [1.54, 1.807) is 55.9 Å². The van der Waals surface area contributed by atoms with Crippen LogP contribution in [0, 0.1) is 62.3 Å². The van der Waals surface area contributed by atoms with E-state index in [1.807, 2.05) is 204 Å². The van der Waals surface area contributed by atoms with Gasteiger partial charge in [0.1, 0.15) is 11.5 Å². The average molecular weight is 2000 g/mol. The summed E-state index contributed by atoms with van der Waals surface area (Å²) < 4.78 is 97.0. The molecule has 0 aromatic heterocycles. The molecule has 13 aromatic carbocycles. The summed E-state index contributed by atoms with van der Waals surface area (Å²) in [6.45, 7) is 38.3. The van der Waals surface area contributed by atoms with Gasteiger partial charge in [0.15, 0.2) is 0 Å². The van der Waals surface area contributed by atoms with Crippen molar-refractivity contribution in [3.05, 3.63) is 378 Å². The minimum Gasteiger partial charge on any atom is -0.522 e. The third-order valence-corrected chi connectivity index (χ3v) is 23.7. The second-order valence-corrected chi connectivity index (χ2v) is 36.9. The molecule has 3 heterocycles. The predicted octanol–water partition coefficient (Wildman–Crippen LogP) is 17.0. The number of para-hydroxylation sites is 2. The predicted molar refractivity (Wildman–Crippen MR) is 618 cm³/mol. The zero-order valence-corrected chi connectivity index (χ0v) is 90.8. The maximum absolute atomic E-state index is 8.70. The molecule has 146 heavy (non-hydrogen) atoms. The van der Waals surface area contributed by atoms with Crippen LogP contribution >= 0.6 is 23.5 Å². The van der Waals surface area contributed by atoms with Crippen LogP contribution in [-0.2, 0) is 69.6 Å². The third kappa shape index (κ3) is 46.1. The molecule has 762 valence electrons. The molecule has 0 atom stereocenters. The second-order valence-electron chi connectivity index (χ2n) is 35.2. The average Bonchev–Trinajstić information content (AvgIpc) is 0.851. The topological polar surface area (TPSA) is 197 Å². The summed E-state index contributed by atoms with van der Waals surface area (Å²) in [4.78, 5) is 2.35. The van der Waals surface area contributed by atoms with Gasteiger partial charge in [-0.25, -0.2) is 0 Å². The van der Waals surface area contributed by atoms with Gasteiger partial charge in [0.25, 0.3) is 0 Å². The molecule has 0 radical (unpaired) electrons. The Kier molecular flexibility index (Phi) is 59.0. The van der Waals surface area contributed by atoms with Crippen molar-refractivity contribution in [2.24, 2.45) is 0 Å². The lowest BCUT2D eigenvalue weighted by molar-refractivity contribution is 0.143. The van der Waals surface area contributed by atoms with Crippen molar-refractivity contribution in [2.45, 2.75) is 159 Å². The van der Waals surface area contributed by atoms with E-state index in [0.717, 1.165) is 156 Å². The van der Waals surface area contributed by atoms with E-state index < -0.39 is 35.6 Å². The molecule has 0 unspecified atom stereocenters. The Labute approximate surface area is 885 Å². The van der Waals surface area contributed by atoms with Crippen LogP contribution in [0.25, 0.3) is 0 Å². The maximum atomic E-state index is 8.70. The number of aryl methyl sites for hydroxylation is 9. The maximum Gasteiger partial charge on any atom is 0.632 e. The number of hydrogen-bond donors (Lipinski definition) is 2. The highest BCUT2D eigenvalue weighted by Crippen LogP contribution is 2.21. The van der Waals surface area contributed by atoms with Crippen molar-refractivity contribution in [1.82, 2.24) is 0 Å². The SMILES string of the molecule is CCCCOB(OCCCC)c1cccc(C)c1.CCCOB(OCCC)c1cccc(C)c1.CCOB(OCC)c1cccc(C)c1.COB(OC)c1cccc(C)c1.CSc1cccc(B2OB(c3cccc(C)c3)OB(c3cccc(SC)c3)O2)c1.Cc1cccc(B(O)O)c1.Cc1cccc(B(Oc2ccccc2)Oc2ccccc2)c1.Cc1cccc(B2OCCCO2)c1.Cc1cccc(B2OCCO2)c1. The first-order valence-corrected chi connectivity index (χ1v) is 53.3. The first kappa shape index (κ1) is 121. The molecule has 0 saturated carbocycles. The van der Waals surface area contributed by atoms with Crippen molar-refractivity contribution in [2.75, 3.05) is 92.8 Å². The molecule has 16 rings (SSSR count). The fourth-order valence-corrected chi connectivity index (χ4v) is 15.9. The number of unbranched alkanes of at least 4 members (excludes halogenated alkanes) is 2. The minimum absolute atomic E-state index is 0.134. The van der Waals surface area contributed by atoms with E-state index in [1.165, 1.54) is 54.3 Å². The highest BCUT2D eigenvalue weighted by Gasteiger charge is 2.44. The summed E-state index contributed by atoms with van der Waals surface area (Å²) in [6.07, 6.45) is 11.6. The van der Waals surface area contributed by atoms with Crippen LogP contribution in [0.5, 0.6) is 11.5 Å². The Bertz CT molecular complexity index is 5560. The second kappa shape index (κ2) is 71.0. The highest BCUT2D eigenvalue weighted by atomic mass is 32.2. The van der Waals surface area contributed by atoms with Crippen LogP contribution < -0.4 is 69.4 Å². The molecule has 3 aliphatic rings. The van der Waals surface area contributed by atoms with Crippen molar-refractivity contribution >= 4 is 162 Å². The van der Waals surface area contributed by atoms with Crippen LogP contribution in [0.15, 0.2) is 337 Å². The molecule has 0 aliphatic carbocycles. The Morgan fingerprint density at radius 1 is 0.267 bits per heavy atom. The van der Waals surface area contributed by atoms with Gasteiger partial charge in [-0.1, -0.05) is 370 Å². The Morgan fingerprint density at radius 2 is 0.534 bits per heavy atom. The highest BCUT2D eigenvalue weighted by molar-refractivity contribution is 7.98. The fourth-order valence-electron chi connectivity index (χ4n) is 15.0. The molecule has 0 amide bonds. The third-order valence-electron chi connectivity index (χ3n) is 22.3. The number of rotatable bonds is 37. The van der Waals surface area contributed by atoms with E-state index in [-0.39, 0.29) is 42.7 Å².